The molecule has 110 valence electrons. The SMILES string of the molecule is CCC(=O)O[C@]1(c2ccccc2)C[C@H](C)N(C)C[C@@H]1C. The number of piperidine rings is 1. The smallest absolute Gasteiger partial charge is 0.306 e. The monoisotopic (exact) mass is 275 g/mol. The predicted octanol–water partition coefficient (Wildman–Crippen LogP) is 3.20. The van der Waals surface area contributed by atoms with E-state index in [2.05, 4.69) is 37.9 Å². The Morgan fingerprint density at radius 2 is 2.00 bits per heavy atom. The van der Waals surface area contributed by atoms with Gasteiger partial charge >= 0.3 is 5.97 Å². The molecule has 0 bridgehead atoms. The van der Waals surface area contributed by atoms with Crippen LogP contribution in [0.2, 0.25) is 0 Å². The van der Waals surface area contributed by atoms with Gasteiger partial charge in [-0.15, -0.1) is 0 Å². The summed E-state index contributed by atoms with van der Waals surface area (Å²) in [5.74, 6) is 0.166. The second kappa shape index (κ2) is 5.96. The summed E-state index contributed by atoms with van der Waals surface area (Å²) in [6.07, 6.45) is 1.27. The number of hydrogen-bond acceptors (Lipinski definition) is 3. The Labute approximate surface area is 121 Å². The van der Waals surface area contributed by atoms with Gasteiger partial charge in [0, 0.05) is 31.3 Å². The van der Waals surface area contributed by atoms with Crippen molar-refractivity contribution < 1.29 is 9.53 Å². The standard InChI is InChI=1S/C17H25NO2/c1-5-16(19)20-17(15-9-7-6-8-10-15)11-14(3)18(4)12-13(17)2/h6-10,13-14H,5,11-12H2,1-4H3/t13-,14-,17+/m0/s1. The molecule has 0 unspecified atom stereocenters. The van der Waals surface area contributed by atoms with Gasteiger partial charge in [-0.1, -0.05) is 44.2 Å². The average molecular weight is 275 g/mol. The Morgan fingerprint density at radius 3 is 2.60 bits per heavy atom. The van der Waals surface area contributed by atoms with Gasteiger partial charge in [-0.05, 0) is 19.5 Å². The normalized spacial score (nSPS) is 31.0. The van der Waals surface area contributed by atoms with Gasteiger partial charge in [0.15, 0.2) is 0 Å². The van der Waals surface area contributed by atoms with Crippen molar-refractivity contribution in [3.8, 4) is 0 Å². The molecule has 3 atom stereocenters. The minimum absolute atomic E-state index is 0.113. The summed E-state index contributed by atoms with van der Waals surface area (Å²) in [6.45, 7) is 7.17. The second-order valence-corrected chi connectivity index (χ2v) is 5.98. The summed E-state index contributed by atoms with van der Waals surface area (Å²) in [4.78, 5) is 14.3. The van der Waals surface area contributed by atoms with Crippen LogP contribution < -0.4 is 0 Å². The first-order valence-electron chi connectivity index (χ1n) is 7.47. The largest absolute Gasteiger partial charge is 0.454 e. The molecule has 1 aliphatic rings. The molecule has 3 heteroatoms. The van der Waals surface area contributed by atoms with Gasteiger partial charge in [0.2, 0.25) is 0 Å². The third-order valence-corrected chi connectivity index (χ3v) is 4.56. The van der Waals surface area contributed by atoms with E-state index in [0.29, 0.717) is 12.5 Å². The van der Waals surface area contributed by atoms with Gasteiger partial charge in [-0.25, -0.2) is 0 Å². The quantitative estimate of drug-likeness (QED) is 0.793. The van der Waals surface area contributed by atoms with Crippen LogP contribution in [0, 0.1) is 5.92 Å². The lowest BCUT2D eigenvalue weighted by Gasteiger charge is -2.48. The van der Waals surface area contributed by atoms with Crippen molar-refractivity contribution in [3.63, 3.8) is 0 Å². The van der Waals surface area contributed by atoms with E-state index in [4.69, 9.17) is 4.74 Å². The third kappa shape index (κ3) is 2.73. The van der Waals surface area contributed by atoms with Gasteiger partial charge in [0.05, 0.1) is 0 Å². The molecule has 0 aliphatic carbocycles. The molecule has 0 radical (unpaired) electrons. The molecule has 1 aromatic rings. The molecule has 0 saturated carbocycles. The molecule has 0 spiro atoms. The Kier molecular flexibility index (Phi) is 4.48. The number of hydrogen-bond donors (Lipinski definition) is 0. The molecule has 2 rings (SSSR count). The highest BCUT2D eigenvalue weighted by Crippen LogP contribution is 2.43. The zero-order valence-corrected chi connectivity index (χ0v) is 12.9. The number of nitrogens with zero attached hydrogens (tertiary/aromatic N) is 1. The van der Waals surface area contributed by atoms with Gasteiger partial charge in [-0.3, -0.25) is 4.79 Å². The fourth-order valence-electron chi connectivity index (χ4n) is 3.15. The maximum Gasteiger partial charge on any atom is 0.306 e. The van der Waals surface area contributed by atoms with Crippen LogP contribution in [-0.4, -0.2) is 30.5 Å². The number of carbonyl (C=O) groups excluding carboxylic acids is 1. The number of rotatable bonds is 3. The first-order valence-corrected chi connectivity index (χ1v) is 7.47. The molecular weight excluding hydrogens is 250 g/mol. The molecule has 0 aromatic heterocycles. The van der Waals surface area contributed by atoms with E-state index in [0.717, 1.165) is 18.5 Å². The minimum Gasteiger partial charge on any atom is -0.454 e. The molecule has 1 heterocycles. The van der Waals surface area contributed by atoms with Crippen LogP contribution in [-0.2, 0) is 15.1 Å². The van der Waals surface area contributed by atoms with Crippen molar-refractivity contribution in [1.29, 1.82) is 0 Å². The highest BCUT2D eigenvalue weighted by atomic mass is 16.6. The zero-order valence-electron chi connectivity index (χ0n) is 12.9. The van der Waals surface area contributed by atoms with E-state index in [1.54, 1.807) is 0 Å². The van der Waals surface area contributed by atoms with E-state index < -0.39 is 5.60 Å². The van der Waals surface area contributed by atoms with Crippen LogP contribution in [0.5, 0.6) is 0 Å². The van der Waals surface area contributed by atoms with E-state index in [-0.39, 0.29) is 11.9 Å². The van der Waals surface area contributed by atoms with E-state index >= 15 is 0 Å². The van der Waals surface area contributed by atoms with Crippen LogP contribution in [0.4, 0.5) is 0 Å². The topological polar surface area (TPSA) is 29.5 Å². The van der Waals surface area contributed by atoms with Crippen molar-refractivity contribution in [3.05, 3.63) is 35.9 Å². The number of benzene rings is 1. The van der Waals surface area contributed by atoms with E-state index in [1.165, 1.54) is 0 Å². The summed E-state index contributed by atoms with van der Waals surface area (Å²) < 4.78 is 5.98. The van der Waals surface area contributed by atoms with Crippen molar-refractivity contribution in [2.75, 3.05) is 13.6 Å². The third-order valence-electron chi connectivity index (χ3n) is 4.56. The predicted molar refractivity (Wildman–Crippen MR) is 80.4 cm³/mol. The van der Waals surface area contributed by atoms with Crippen LogP contribution in [0.15, 0.2) is 30.3 Å². The highest BCUT2D eigenvalue weighted by Gasteiger charge is 2.46. The number of carbonyl (C=O) groups is 1. The fraction of sp³-hybridized carbons (Fsp3) is 0.588. The summed E-state index contributed by atoms with van der Waals surface area (Å²) in [6, 6.07) is 10.6. The maximum absolute atomic E-state index is 12.0. The van der Waals surface area contributed by atoms with Gasteiger partial charge in [0.25, 0.3) is 0 Å². The van der Waals surface area contributed by atoms with Crippen molar-refractivity contribution >= 4 is 5.97 Å². The second-order valence-electron chi connectivity index (χ2n) is 5.98. The first-order chi connectivity index (χ1) is 9.49. The average Bonchev–Trinajstić information content (AvgIpc) is 2.45. The molecule has 20 heavy (non-hydrogen) atoms. The lowest BCUT2D eigenvalue weighted by Crippen LogP contribution is -2.53. The molecule has 0 amide bonds. The number of esters is 1. The minimum atomic E-state index is -0.486. The van der Waals surface area contributed by atoms with Gasteiger partial charge < -0.3 is 9.64 Å². The van der Waals surface area contributed by atoms with Gasteiger partial charge in [0.1, 0.15) is 5.60 Å². The Hall–Kier alpha value is -1.35. The highest BCUT2D eigenvalue weighted by molar-refractivity contribution is 5.69. The summed E-state index contributed by atoms with van der Waals surface area (Å²) in [7, 11) is 2.14. The van der Waals surface area contributed by atoms with Crippen molar-refractivity contribution in [1.82, 2.24) is 4.90 Å². The van der Waals surface area contributed by atoms with Crippen LogP contribution >= 0.6 is 0 Å². The molecule has 1 aromatic carbocycles. The van der Waals surface area contributed by atoms with Crippen LogP contribution in [0.25, 0.3) is 0 Å². The lowest BCUT2D eigenvalue weighted by molar-refractivity contribution is -0.177. The van der Waals surface area contributed by atoms with Gasteiger partial charge in [-0.2, -0.15) is 0 Å². The maximum atomic E-state index is 12.0. The first kappa shape index (κ1) is 15.0. The molecule has 3 nitrogen and oxygen atoms in total. The fourth-order valence-corrected chi connectivity index (χ4v) is 3.15. The van der Waals surface area contributed by atoms with E-state index in [9.17, 15) is 4.79 Å². The molecule has 1 fully saturated rings. The zero-order chi connectivity index (χ0) is 14.8. The van der Waals surface area contributed by atoms with Crippen molar-refractivity contribution in [2.24, 2.45) is 5.92 Å². The molecule has 1 saturated heterocycles. The molecular formula is C17H25NO2. The van der Waals surface area contributed by atoms with Crippen LogP contribution in [0.3, 0.4) is 0 Å². The molecule has 0 N–H and O–H groups in total. The number of likely N-dealkylation sites (tertiary alicyclic amines) is 1. The summed E-state index contributed by atoms with van der Waals surface area (Å²) in [5.41, 5.74) is 0.634. The van der Waals surface area contributed by atoms with Crippen molar-refractivity contribution in [2.45, 2.75) is 45.3 Å². The van der Waals surface area contributed by atoms with E-state index in [1.807, 2.05) is 25.1 Å². The summed E-state index contributed by atoms with van der Waals surface area (Å²) in [5, 5.41) is 0. The molecule has 1 aliphatic heterocycles. The Morgan fingerprint density at radius 1 is 1.35 bits per heavy atom. The lowest BCUT2D eigenvalue weighted by atomic mass is 9.74. The summed E-state index contributed by atoms with van der Waals surface area (Å²) >= 11 is 0. The Balaban J connectivity index is 2.41. The number of ether oxygens (including phenoxy) is 1. The Bertz CT molecular complexity index is 459. The van der Waals surface area contributed by atoms with Crippen LogP contribution in [0.1, 0.15) is 39.2 Å².